The van der Waals surface area contributed by atoms with E-state index in [-0.39, 0.29) is 12.6 Å². The first-order valence-electron chi connectivity index (χ1n) is 5.80. The largest absolute Gasteiger partial charge is 0.396 e. The van der Waals surface area contributed by atoms with Crippen LogP contribution in [0.2, 0.25) is 0 Å². The topological polar surface area (TPSA) is 58.3 Å². The van der Waals surface area contributed by atoms with Crippen LogP contribution in [-0.4, -0.2) is 24.8 Å². The van der Waals surface area contributed by atoms with Gasteiger partial charge in [-0.2, -0.15) is 0 Å². The van der Waals surface area contributed by atoms with Crippen molar-refractivity contribution in [3.8, 4) is 0 Å². The van der Waals surface area contributed by atoms with Gasteiger partial charge in [-0.15, -0.1) is 0 Å². The van der Waals surface area contributed by atoms with E-state index < -0.39 is 0 Å². The lowest BCUT2D eigenvalue weighted by Gasteiger charge is -2.18. The molecule has 1 unspecified atom stereocenters. The Hall–Kier alpha value is -0.900. The lowest BCUT2D eigenvalue weighted by Crippen LogP contribution is -2.29. The van der Waals surface area contributed by atoms with E-state index in [1.54, 1.807) is 0 Å². The minimum absolute atomic E-state index is 0.185. The van der Waals surface area contributed by atoms with Crippen LogP contribution >= 0.6 is 0 Å². The van der Waals surface area contributed by atoms with Gasteiger partial charge in [-0.1, -0.05) is 29.3 Å². The van der Waals surface area contributed by atoms with E-state index >= 15 is 0 Å². The van der Waals surface area contributed by atoms with Crippen molar-refractivity contribution < 1.29 is 5.11 Å². The highest BCUT2D eigenvalue weighted by Crippen LogP contribution is 2.16. The molecule has 0 radical (unpaired) electrons. The minimum atomic E-state index is 0.185. The second-order valence-electron chi connectivity index (χ2n) is 4.24. The third-order valence-electron chi connectivity index (χ3n) is 2.61. The molecule has 0 aliphatic rings. The fourth-order valence-corrected chi connectivity index (χ4v) is 1.90. The standard InChI is InChI=1S/C13H22N2O/c1-10-6-11(2)8-12(7-10)13(9-14)15-4-3-5-16/h6-8,13,15-16H,3-5,9,14H2,1-2H3. The van der Waals surface area contributed by atoms with E-state index in [2.05, 4.69) is 37.4 Å². The Kier molecular flexibility index (Phi) is 5.46. The molecular weight excluding hydrogens is 200 g/mol. The molecule has 90 valence electrons. The van der Waals surface area contributed by atoms with Gasteiger partial charge >= 0.3 is 0 Å². The summed E-state index contributed by atoms with van der Waals surface area (Å²) in [6.07, 6.45) is 0.765. The summed E-state index contributed by atoms with van der Waals surface area (Å²) in [4.78, 5) is 0. The highest BCUT2D eigenvalue weighted by Gasteiger charge is 2.09. The molecule has 0 bridgehead atoms. The smallest absolute Gasteiger partial charge is 0.0444 e. The Labute approximate surface area is 97.7 Å². The van der Waals surface area contributed by atoms with Crippen molar-refractivity contribution in [2.45, 2.75) is 26.3 Å². The van der Waals surface area contributed by atoms with Crippen molar-refractivity contribution in [1.82, 2.24) is 5.32 Å². The summed E-state index contributed by atoms with van der Waals surface area (Å²) in [6.45, 7) is 5.78. The van der Waals surface area contributed by atoms with Gasteiger partial charge in [-0.25, -0.2) is 0 Å². The second kappa shape index (κ2) is 6.63. The number of nitrogens with two attached hydrogens (primary N) is 1. The first-order valence-corrected chi connectivity index (χ1v) is 5.80. The number of benzene rings is 1. The highest BCUT2D eigenvalue weighted by atomic mass is 16.3. The van der Waals surface area contributed by atoms with Crippen LogP contribution in [0.25, 0.3) is 0 Å². The molecule has 0 fully saturated rings. The average molecular weight is 222 g/mol. The highest BCUT2D eigenvalue weighted by molar-refractivity contribution is 5.30. The van der Waals surface area contributed by atoms with Crippen molar-refractivity contribution in [2.24, 2.45) is 5.73 Å². The number of hydrogen-bond acceptors (Lipinski definition) is 3. The average Bonchev–Trinajstić information content (AvgIpc) is 2.23. The van der Waals surface area contributed by atoms with Crippen molar-refractivity contribution in [3.63, 3.8) is 0 Å². The molecule has 0 aliphatic carbocycles. The summed E-state index contributed by atoms with van der Waals surface area (Å²) in [7, 11) is 0. The molecule has 0 saturated heterocycles. The van der Waals surface area contributed by atoms with Crippen molar-refractivity contribution in [2.75, 3.05) is 19.7 Å². The van der Waals surface area contributed by atoms with Crippen molar-refractivity contribution in [3.05, 3.63) is 34.9 Å². The zero-order chi connectivity index (χ0) is 12.0. The van der Waals surface area contributed by atoms with Gasteiger partial charge in [0.2, 0.25) is 0 Å². The van der Waals surface area contributed by atoms with E-state index in [1.165, 1.54) is 16.7 Å². The maximum absolute atomic E-state index is 8.74. The number of aliphatic hydroxyl groups is 1. The summed E-state index contributed by atoms with van der Waals surface area (Å²) in [5.41, 5.74) is 9.52. The lowest BCUT2D eigenvalue weighted by atomic mass is 10.0. The quantitative estimate of drug-likeness (QED) is 0.635. The fourth-order valence-electron chi connectivity index (χ4n) is 1.90. The predicted molar refractivity (Wildman–Crippen MR) is 67.4 cm³/mol. The molecule has 3 nitrogen and oxygen atoms in total. The number of rotatable bonds is 6. The van der Waals surface area contributed by atoms with Crippen LogP contribution in [0.3, 0.4) is 0 Å². The maximum Gasteiger partial charge on any atom is 0.0444 e. The van der Waals surface area contributed by atoms with E-state index in [9.17, 15) is 0 Å². The molecule has 16 heavy (non-hydrogen) atoms. The molecule has 1 atom stereocenters. The van der Waals surface area contributed by atoms with Crippen LogP contribution < -0.4 is 11.1 Å². The van der Waals surface area contributed by atoms with Crippen LogP contribution in [0.15, 0.2) is 18.2 Å². The molecule has 1 rings (SSSR count). The van der Waals surface area contributed by atoms with Gasteiger partial charge in [-0.05, 0) is 32.4 Å². The first kappa shape index (κ1) is 13.2. The van der Waals surface area contributed by atoms with Crippen LogP contribution in [0.5, 0.6) is 0 Å². The van der Waals surface area contributed by atoms with Crippen LogP contribution in [-0.2, 0) is 0 Å². The summed E-state index contributed by atoms with van der Waals surface area (Å²) >= 11 is 0. The van der Waals surface area contributed by atoms with E-state index in [1.807, 2.05) is 0 Å². The van der Waals surface area contributed by atoms with Gasteiger partial charge in [0, 0.05) is 19.2 Å². The van der Waals surface area contributed by atoms with Gasteiger partial charge in [-0.3, -0.25) is 0 Å². The molecule has 0 spiro atoms. The summed E-state index contributed by atoms with van der Waals surface area (Å²) in [6, 6.07) is 6.67. The van der Waals surface area contributed by atoms with Crippen molar-refractivity contribution in [1.29, 1.82) is 0 Å². The van der Waals surface area contributed by atoms with Crippen molar-refractivity contribution >= 4 is 0 Å². The normalized spacial score (nSPS) is 12.8. The summed E-state index contributed by atoms with van der Waals surface area (Å²) in [5.74, 6) is 0. The zero-order valence-corrected chi connectivity index (χ0v) is 10.2. The first-order chi connectivity index (χ1) is 7.67. The van der Waals surface area contributed by atoms with Crippen LogP contribution in [0.4, 0.5) is 0 Å². The Morgan fingerprint density at radius 2 is 1.88 bits per heavy atom. The summed E-state index contributed by atoms with van der Waals surface area (Å²) in [5, 5.41) is 12.1. The zero-order valence-electron chi connectivity index (χ0n) is 10.2. The van der Waals surface area contributed by atoms with Gasteiger partial charge in [0.1, 0.15) is 0 Å². The van der Waals surface area contributed by atoms with Crippen LogP contribution in [0.1, 0.15) is 29.2 Å². The number of hydrogen-bond donors (Lipinski definition) is 3. The molecule has 3 heteroatoms. The molecule has 0 saturated carbocycles. The van der Waals surface area contributed by atoms with E-state index in [0.717, 1.165) is 13.0 Å². The number of nitrogens with one attached hydrogen (secondary N) is 1. The Bertz CT molecular complexity index is 305. The molecule has 1 aromatic carbocycles. The molecule has 0 aliphatic heterocycles. The van der Waals surface area contributed by atoms with Gasteiger partial charge in [0.15, 0.2) is 0 Å². The second-order valence-corrected chi connectivity index (χ2v) is 4.24. The molecule has 0 aromatic heterocycles. The molecule has 4 N–H and O–H groups in total. The van der Waals surface area contributed by atoms with Gasteiger partial charge < -0.3 is 16.2 Å². The van der Waals surface area contributed by atoms with Crippen LogP contribution in [0, 0.1) is 13.8 Å². The Balaban J connectivity index is 2.70. The molecular formula is C13H22N2O. The summed E-state index contributed by atoms with van der Waals surface area (Å²) < 4.78 is 0. The Morgan fingerprint density at radius 1 is 1.25 bits per heavy atom. The number of aliphatic hydroxyl groups excluding tert-OH is 1. The van der Waals surface area contributed by atoms with E-state index in [0.29, 0.717) is 6.54 Å². The molecule has 1 aromatic rings. The third-order valence-corrected chi connectivity index (χ3v) is 2.61. The maximum atomic E-state index is 8.74. The SMILES string of the molecule is Cc1cc(C)cc(C(CN)NCCCO)c1. The fraction of sp³-hybridized carbons (Fsp3) is 0.538. The van der Waals surface area contributed by atoms with E-state index in [4.69, 9.17) is 10.8 Å². The Morgan fingerprint density at radius 3 is 2.38 bits per heavy atom. The molecule has 0 amide bonds. The molecule has 0 heterocycles. The monoisotopic (exact) mass is 222 g/mol. The van der Waals surface area contributed by atoms with Gasteiger partial charge in [0.25, 0.3) is 0 Å². The lowest BCUT2D eigenvalue weighted by molar-refractivity contribution is 0.283. The van der Waals surface area contributed by atoms with Gasteiger partial charge in [0.05, 0.1) is 0 Å². The third kappa shape index (κ3) is 3.93. The predicted octanol–water partition coefficient (Wildman–Crippen LogP) is 1.28. The number of aryl methyl sites for hydroxylation is 2. The minimum Gasteiger partial charge on any atom is -0.396 e.